The maximum Gasteiger partial charge on any atom is 0.238 e. The molecule has 0 unspecified atom stereocenters. The van der Waals surface area contributed by atoms with E-state index in [9.17, 15) is 4.79 Å². The molecule has 0 spiro atoms. The molecule has 3 rings (SSSR count). The average Bonchev–Trinajstić information content (AvgIpc) is 3.10. The minimum Gasteiger partial charge on any atom is -0.353 e. The third kappa shape index (κ3) is 3.07. The Bertz CT molecular complexity index is 662. The Labute approximate surface area is 131 Å². The summed E-state index contributed by atoms with van der Waals surface area (Å²) in [4.78, 5) is 14.6. The van der Waals surface area contributed by atoms with Gasteiger partial charge in [0.25, 0.3) is 0 Å². The average molecular weight is 297 g/mol. The Morgan fingerprint density at radius 3 is 2.82 bits per heavy atom. The van der Waals surface area contributed by atoms with Gasteiger partial charge in [-0.15, -0.1) is 0 Å². The van der Waals surface area contributed by atoms with Crippen LogP contribution in [0.4, 0.5) is 5.69 Å². The van der Waals surface area contributed by atoms with E-state index in [1.165, 1.54) is 5.69 Å². The normalized spacial score (nSPS) is 18.5. The van der Waals surface area contributed by atoms with E-state index < -0.39 is 0 Å². The molecule has 2 aromatic rings. The number of aryl methyl sites for hydroxylation is 2. The summed E-state index contributed by atoms with van der Waals surface area (Å²) in [5.74, 6) is 0.0652. The number of aromatic nitrogens is 1. The van der Waals surface area contributed by atoms with Crippen LogP contribution >= 0.6 is 0 Å². The molecule has 22 heavy (non-hydrogen) atoms. The number of carbonyl (C=O) groups is 1. The molecule has 0 saturated carbocycles. The topological polar surface area (TPSA) is 37.3 Å². The molecular weight excluding hydrogens is 274 g/mol. The summed E-state index contributed by atoms with van der Waals surface area (Å²) >= 11 is 0. The number of hydrogen-bond donors (Lipinski definition) is 1. The maximum atomic E-state index is 12.4. The number of anilines is 1. The van der Waals surface area contributed by atoms with Crippen molar-refractivity contribution in [1.82, 2.24) is 9.47 Å². The highest BCUT2D eigenvalue weighted by molar-refractivity contribution is 5.93. The predicted molar refractivity (Wildman–Crippen MR) is 88.8 cm³/mol. The zero-order chi connectivity index (χ0) is 15.5. The van der Waals surface area contributed by atoms with E-state index in [-0.39, 0.29) is 5.91 Å². The van der Waals surface area contributed by atoms with Gasteiger partial charge in [-0.2, -0.15) is 0 Å². The lowest BCUT2D eigenvalue weighted by Gasteiger charge is -2.24. The maximum absolute atomic E-state index is 12.4. The fraction of sp³-hybridized carbons (Fsp3) is 0.389. The van der Waals surface area contributed by atoms with Gasteiger partial charge in [-0.3, -0.25) is 9.69 Å². The fourth-order valence-corrected chi connectivity index (χ4v) is 3.26. The van der Waals surface area contributed by atoms with Gasteiger partial charge >= 0.3 is 0 Å². The second-order valence-corrected chi connectivity index (χ2v) is 6.04. The molecule has 1 fully saturated rings. The Kier molecular flexibility index (Phi) is 4.29. The standard InChI is InChI=1S/C18H23N3O/c1-14-7-3-4-8-15(14)19-18(22)13-21-12-6-10-17(21)16-9-5-11-20(16)2/h3-5,7-9,11,17H,6,10,12-13H2,1-2H3,(H,19,22)/t17-/m0/s1. The summed E-state index contributed by atoms with van der Waals surface area (Å²) < 4.78 is 2.15. The summed E-state index contributed by atoms with van der Waals surface area (Å²) in [6.45, 7) is 3.44. The molecule has 116 valence electrons. The first kappa shape index (κ1) is 14.9. The van der Waals surface area contributed by atoms with Crippen LogP contribution in [0.2, 0.25) is 0 Å². The van der Waals surface area contributed by atoms with Crippen molar-refractivity contribution >= 4 is 11.6 Å². The molecule has 0 aliphatic carbocycles. The smallest absolute Gasteiger partial charge is 0.238 e. The molecular formula is C18H23N3O. The second-order valence-electron chi connectivity index (χ2n) is 6.04. The minimum absolute atomic E-state index is 0.0652. The fourth-order valence-electron chi connectivity index (χ4n) is 3.26. The van der Waals surface area contributed by atoms with E-state index in [0.29, 0.717) is 12.6 Å². The highest BCUT2D eigenvalue weighted by atomic mass is 16.2. The van der Waals surface area contributed by atoms with Gasteiger partial charge < -0.3 is 9.88 Å². The van der Waals surface area contributed by atoms with Gasteiger partial charge in [0.1, 0.15) is 0 Å². The van der Waals surface area contributed by atoms with Gasteiger partial charge in [0.05, 0.1) is 12.6 Å². The Hall–Kier alpha value is -2.07. The Balaban J connectivity index is 1.66. The van der Waals surface area contributed by atoms with Gasteiger partial charge in [0.15, 0.2) is 0 Å². The van der Waals surface area contributed by atoms with Crippen LogP contribution in [-0.4, -0.2) is 28.5 Å². The predicted octanol–water partition coefficient (Wildman–Crippen LogP) is 3.11. The molecule has 1 aromatic carbocycles. The van der Waals surface area contributed by atoms with E-state index in [0.717, 1.165) is 30.6 Å². The summed E-state index contributed by atoms with van der Waals surface area (Å²) in [5, 5.41) is 3.03. The number of para-hydroxylation sites is 1. The van der Waals surface area contributed by atoms with Gasteiger partial charge in [0, 0.05) is 24.6 Å². The number of nitrogens with one attached hydrogen (secondary N) is 1. The molecule has 0 radical (unpaired) electrons. The van der Waals surface area contributed by atoms with Crippen molar-refractivity contribution in [3.63, 3.8) is 0 Å². The number of nitrogens with zero attached hydrogens (tertiary/aromatic N) is 2. The highest BCUT2D eigenvalue weighted by Gasteiger charge is 2.28. The summed E-state index contributed by atoms with van der Waals surface area (Å²) in [6.07, 6.45) is 4.34. The molecule has 1 N–H and O–H groups in total. The molecule has 2 heterocycles. The van der Waals surface area contributed by atoms with E-state index in [1.54, 1.807) is 0 Å². The van der Waals surface area contributed by atoms with Crippen LogP contribution in [-0.2, 0) is 11.8 Å². The van der Waals surface area contributed by atoms with E-state index in [1.807, 2.05) is 31.2 Å². The lowest BCUT2D eigenvalue weighted by atomic mass is 10.1. The first-order valence-electron chi connectivity index (χ1n) is 7.86. The molecule has 1 aromatic heterocycles. The zero-order valence-corrected chi connectivity index (χ0v) is 13.2. The first-order valence-corrected chi connectivity index (χ1v) is 7.86. The van der Waals surface area contributed by atoms with Crippen LogP contribution in [0.5, 0.6) is 0 Å². The molecule has 0 bridgehead atoms. The number of benzene rings is 1. The number of likely N-dealkylation sites (tertiary alicyclic amines) is 1. The molecule has 1 amide bonds. The van der Waals surface area contributed by atoms with E-state index >= 15 is 0 Å². The van der Waals surface area contributed by atoms with E-state index in [2.05, 4.69) is 40.2 Å². The molecule has 1 atom stereocenters. The minimum atomic E-state index is 0.0652. The third-order valence-corrected chi connectivity index (χ3v) is 4.45. The highest BCUT2D eigenvalue weighted by Crippen LogP contribution is 2.31. The van der Waals surface area contributed by atoms with Crippen LogP contribution in [0.1, 0.15) is 30.1 Å². The number of carbonyl (C=O) groups excluding carboxylic acids is 1. The Morgan fingerprint density at radius 2 is 2.09 bits per heavy atom. The largest absolute Gasteiger partial charge is 0.353 e. The first-order chi connectivity index (χ1) is 10.6. The summed E-state index contributed by atoms with van der Waals surface area (Å²) in [5.41, 5.74) is 3.29. The second kappa shape index (κ2) is 6.36. The SMILES string of the molecule is Cc1ccccc1NC(=O)CN1CCC[C@H]1c1cccn1C. The number of amides is 1. The lowest BCUT2D eigenvalue weighted by Crippen LogP contribution is -2.33. The van der Waals surface area contributed by atoms with Crippen molar-refractivity contribution in [2.45, 2.75) is 25.8 Å². The Morgan fingerprint density at radius 1 is 1.27 bits per heavy atom. The van der Waals surface area contributed by atoms with Crippen molar-refractivity contribution in [1.29, 1.82) is 0 Å². The van der Waals surface area contributed by atoms with Crippen molar-refractivity contribution in [3.05, 3.63) is 53.9 Å². The van der Waals surface area contributed by atoms with Gasteiger partial charge in [0.2, 0.25) is 5.91 Å². The molecule has 1 saturated heterocycles. The quantitative estimate of drug-likeness (QED) is 0.941. The van der Waals surface area contributed by atoms with E-state index in [4.69, 9.17) is 0 Å². The summed E-state index contributed by atoms with van der Waals surface area (Å²) in [6, 6.07) is 12.5. The molecule has 4 heteroatoms. The van der Waals surface area contributed by atoms with Crippen molar-refractivity contribution in [3.8, 4) is 0 Å². The van der Waals surface area contributed by atoms with Crippen molar-refractivity contribution < 1.29 is 4.79 Å². The lowest BCUT2D eigenvalue weighted by molar-refractivity contribution is -0.117. The summed E-state index contributed by atoms with van der Waals surface area (Å²) in [7, 11) is 2.07. The van der Waals surface area contributed by atoms with Crippen molar-refractivity contribution in [2.24, 2.45) is 7.05 Å². The molecule has 1 aliphatic heterocycles. The molecule has 4 nitrogen and oxygen atoms in total. The van der Waals surface area contributed by atoms with Gasteiger partial charge in [-0.05, 0) is 50.1 Å². The van der Waals surface area contributed by atoms with Gasteiger partial charge in [-0.1, -0.05) is 18.2 Å². The van der Waals surface area contributed by atoms with Crippen LogP contribution in [0.15, 0.2) is 42.6 Å². The number of rotatable bonds is 4. The number of hydrogen-bond acceptors (Lipinski definition) is 2. The van der Waals surface area contributed by atoms with Gasteiger partial charge in [-0.25, -0.2) is 0 Å². The third-order valence-electron chi connectivity index (χ3n) is 4.45. The van der Waals surface area contributed by atoms with Crippen LogP contribution in [0, 0.1) is 6.92 Å². The van der Waals surface area contributed by atoms with Crippen LogP contribution < -0.4 is 5.32 Å². The zero-order valence-electron chi connectivity index (χ0n) is 13.2. The van der Waals surface area contributed by atoms with Crippen molar-refractivity contribution in [2.75, 3.05) is 18.4 Å². The van der Waals surface area contributed by atoms with Crippen LogP contribution in [0.3, 0.4) is 0 Å². The molecule has 1 aliphatic rings. The van der Waals surface area contributed by atoms with Crippen LogP contribution in [0.25, 0.3) is 0 Å². The monoisotopic (exact) mass is 297 g/mol.